The molecule has 0 aromatic heterocycles. The number of ether oxygens (including phenoxy) is 1. The van der Waals surface area contributed by atoms with Gasteiger partial charge in [-0.1, -0.05) is 6.92 Å². The number of epoxide rings is 1. The number of hydrogen-bond donors (Lipinski definition) is 1. The van der Waals surface area contributed by atoms with E-state index in [9.17, 15) is 14.7 Å². The van der Waals surface area contributed by atoms with Gasteiger partial charge in [0.2, 0.25) is 0 Å². The Morgan fingerprint density at radius 1 is 1.13 bits per heavy atom. The number of hydrogen-bond acceptors (Lipinski definition) is 3. The molecule has 23 heavy (non-hydrogen) atoms. The summed E-state index contributed by atoms with van der Waals surface area (Å²) in [5.74, 6) is 0.645. The first-order valence-corrected chi connectivity index (χ1v) is 9.22. The summed E-state index contributed by atoms with van der Waals surface area (Å²) in [4.78, 5) is 24.3. The van der Waals surface area contributed by atoms with Crippen LogP contribution in [0.25, 0.3) is 0 Å². The second-order valence-corrected chi connectivity index (χ2v) is 8.88. The fourth-order valence-electron chi connectivity index (χ4n) is 6.65. The largest absolute Gasteiger partial charge is 0.480 e. The normalized spacial score (nSPS) is 55.2. The van der Waals surface area contributed by atoms with Gasteiger partial charge < -0.3 is 9.84 Å². The second-order valence-electron chi connectivity index (χ2n) is 8.88. The van der Waals surface area contributed by atoms with Crippen LogP contribution >= 0.6 is 0 Å². The number of carboxylic acids is 1. The Bertz CT molecular complexity index is 558. The molecule has 3 aliphatic carbocycles. The first-order valence-electron chi connectivity index (χ1n) is 9.22. The van der Waals surface area contributed by atoms with Gasteiger partial charge in [0.05, 0.1) is 12.2 Å². The summed E-state index contributed by atoms with van der Waals surface area (Å²) >= 11 is 0. The molecular formula is C19H28O4. The first-order chi connectivity index (χ1) is 10.8. The van der Waals surface area contributed by atoms with Crippen LogP contribution in [0.15, 0.2) is 0 Å². The predicted octanol–water partition coefficient (Wildman–Crippen LogP) is 3.29. The molecule has 0 bridgehead atoms. The maximum Gasteiger partial charge on any atom is 0.317 e. The molecule has 128 valence electrons. The van der Waals surface area contributed by atoms with Gasteiger partial charge in [0.1, 0.15) is 11.2 Å². The topological polar surface area (TPSA) is 66.9 Å². The molecule has 1 N–H and O–H groups in total. The van der Waals surface area contributed by atoms with Crippen LogP contribution in [0.2, 0.25) is 0 Å². The van der Waals surface area contributed by atoms with E-state index in [4.69, 9.17) is 4.74 Å². The number of ketones is 1. The number of rotatable bonds is 2. The van der Waals surface area contributed by atoms with E-state index in [0.29, 0.717) is 36.4 Å². The Morgan fingerprint density at radius 3 is 2.39 bits per heavy atom. The van der Waals surface area contributed by atoms with E-state index in [1.54, 1.807) is 6.92 Å². The number of carbonyl (C=O) groups is 2. The molecule has 4 aliphatic rings. The van der Waals surface area contributed by atoms with Crippen LogP contribution in [0, 0.1) is 34.5 Å². The van der Waals surface area contributed by atoms with E-state index in [1.165, 1.54) is 12.8 Å². The molecule has 4 heteroatoms. The number of carbonyl (C=O) groups excluding carboxylic acids is 1. The first kappa shape index (κ1) is 15.6. The fraction of sp³-hybridized carbons (Fsp3) is 0.895. The minimum Gasteiger partial charge on any atom is -0.480 e. The van der Waals surface area contributed by atoms with E-state index < -0.39 is 11.4 Å². The summed E-state index contributed by atoms with van der Waals surface area (Å²) < 4.78 is 5.80. The van der Waals surface area contributed by atoms with Crippen molar-refractivity contribution in [2.75, 3.05) is 0 Å². The van der Waals surface area contributed by atoms with Gasteiger partial charge in [0, 0.05) is 6.42 Å². The molecule has 2 unspecified atom stereocenters. The standard InChI is InChI=1S/C19H28O4/c1-10-16(23-10)14-6-5-12-11-4-7-15(20)19(3,17(21)22)13(11)8-9-18(12,14)2/h10-14,16H,4-9H2,1-3H3,(H,21,22)/t10?,11-,12-,13-,14+,16?,18-,19+/m0/s1. The summed E-state index contributed by atoms with van der Waals surface area (Å²) in [6.07, 6.45) is 6.45. The van der Waals surface area contributed by atoms with E-state index in [1.807, 2.05) is 0 Å². The average Bonchev–Trinajstić information content (AvgIpc) is 3.10. The summed E-state index contributed by atoms with van der Waals surface area (Å²) in [5, 5.41) is 9.76. The third-order valence-electron chi connectivity index (χ3n) is 8.13. The van der Waals surface area contributed by atoms with Crippen molar-refractivity contribution in [2.24, 2.45) is 34.5 Å². The second kappa shape index (κ2) is 4.81. The molecular weight excluding hydrogens is 292 g/mol. The zero-order valence-corrected chi connectivity index (χ0v) is 14.4. The Balaban J connectivity index is 1.64. The van der Waals surface area contributed by atoms with E-state index in [0.717, 1.165) is 19.3 Å². The Labute approximate surface area is 138 Å². The van der Waals surface area contributed by atoms with Crippen LogP contribution < -0.4 is 0 Å². The van der Waals surface area contributed by atoms with Crippen LogP contribution in [0.4, 0.5) is 0 Å². The molecule has 0 spiro atoms. The Morgan fingerprint density at radius 2 is 1.78 bits per heavy atom. The lowest BCUT2D eigenvalue weighted by Gasteiger charge is -2.54. The van der Waals surface area contributed by atoms with Crippen LogP contribution in [0.5, 0.6) is 0 Å². The van der Waals surface area contributed by atoms with E-state index in [2.05, 4.69) is 13.8 Å². The molecule has 1 aliphatic heterocycles. The Kier molecular flexibility index (Phi) is 3.27. The van der Waals surface area contributed by atoms with Crippen molar-refractivity contribution in [3.63, 3.8) is 0 Å². The Hall–Kier alpha value is -0.900. The van der Waals surface area contributed by atoms with Crippen molar-refractivity contribution in [3.05, 3.63) is 0 Å². The van der Waals surface area contributed by atoms with Crippen LogP contribution in [0.3, 0.4) is 0 Å². The van der Waals surface area contributed by atoms with Crippen molar-refractivity contribution < 1.29 is 19.4 Å². The maximum absolute atomic E-state index is 12.4. The molecule has 1 saturated heterocycles. The highest BCUT2D eigenvalue weighted by atomic mass is 16.6. The number of fused-ring (bicyclic) bond motifs is 3. The third kappa shape index (κ3) is 1.93. The molecule has 8 atom stereocenters. The van der Waals surface area contributed by atoms with Crippen molar-refractivity contribution >= 4 is 11.8 Å². The van der Waals surface area contributed by atoms with Crippen molar-refractivity contribution in [3.8, 4) is 0 Å². The third-order valence-corrected chi connectivity index (χ3v) is 8.13. The minimum absolute atomic E-state index is 0.0237. The summed E-state index contributed by atoms with van der Waals surface area (Å²) in [7, 11) is 0. The number of aliphatic carboxylic acids is 1. The average molecular weight is 320 g/mol. The highest BCUT2D eigenvalue weighted by Gasteiger charge is 2.64. The summed E-state index contributed by atoms with van der Waals surface area (Å²) in [6.45, 7) is 6.26. The molecule has 4 nitrogen and oxygen atoms in total. The molecule has 0 amide bonds. The van der Waals surface area contributed by atoms with Gasteiger partial charge in [-0.2, -0.15) is 0 Å². The molecule has 3 saturated carbocycles. The van der Waals surface area contributed by atoms with Crippen molar-refractivity contribution in [1.29, 1.82) is 0 Å². The number of Topliss-reactive ketones (excluding diaryl/α,β-unsaturated/α-hetero) is 1. The van der Waals surface area contributed by atoms with Gasteiger partial charge in [-0.05, 0) is 75.0 Å². The summed E-state index contributed by atoms with van der Waals surface area (Å²) in [6, 6.07) is 0. The van der Waals surface area contributed by atoms with Crippen molar-refractivity contribution in [1.82, 2.24) is 0 Å². The predicted molar refractivity (Wildman–Crippen MR) is 84.9 cm³/mol. The summed E-state index contributed by atoms with van der Waals surface area (Å²) in [5.41, 5.74) is -0.887. The van der Waals surface area contributed by atoms with Gasteiger partial charge >= 0.3 is 5.97 Å². The molecule has 0 radical (unpaired) electrons. The molecule has 1 heterocycles. The van der Waals surface area contributed by atoms with Crippen LogP contribution in [0.1, 0.15) is 59.3 Å². The lowest BCUT2D eigenvalue weighted by Crippen LogP contribution is -2.55. The lowest BCUT2D eigenvalue weighted by atomic mass is 9.49. The van der Waals surface area contributed by atoms with Gasteiger partial charge in [0.25, 0.3) is 0 Å². The van der Waals surface area contributed by atoms with E-state index >= 15 is 0 Å². The molecule has 4 fully saturated rings. The molecule has 4 rings (SSSR count). The lowest BCUT2D eigenvalue weighted by molar-refractivity contribution is -0.168. The smallest absolute Gasteiger partial charge is 0.317 e. The highest BCUT2D eigenvalue weighted by Crippen LogP contribution is 2.66. The zero-order valence-electron chi connectivity index (χ0n) is 14.4. The minimum atomic E-state index is -1.16. The van der Waals surface area contributed by atoms with Gasteiger partial charge in [-0.3, -0.25) is 9.59 Å². The molecule has 0 aromatic rings. The van der Waals surface area contributed by atoms with E-state index in [-0.39, 0.29) is 17.1 Å². The zero-order chi connectivity index (χ0) is 16.6. The molecule has 0 aromatic carbocycles. The van der Waals surface area contributed by atoms with Gasteiger partial charge in [-0.25, -0.2) is 0 Å². The quantitative estimate of drug-likeness (QED) is 0.626. The number of carboxylic acid groups (broad SMARTS) is 1. The van der Waals surface area contributed by atoms with Gasteiger partial charge in [-0.15, -0.1) is 0 Å². The monoisotopic (exact) mass is 320 g/mol. The van der Waals surface area contributed by atoms with Crippen molar-refractivity contribution in [2.45, 2.75) is 71.5 Å². The SMILES string of the molecule is CC1OC1[C@H]1CC[C@H]2[C@@H]3CCC(=O)[C@](C)(C(=O)O)[C@H]3CC[C@]12C. The van der Waals surface area contributed by atoms with Crippen LogP contribution in [-0.4, -0.2) is 29.1 Å². The van der Waals surface area contributed by atoms with Crippen LogP contribution in [-0.2, 0) is 14.3 Å². The highest BCUT2D eigenvalue weighted by molar-refractivity contribution is 6.03. The fourth-order valence-corrected chi connectivity index (χ4v) is 6.65. The maximum atomic E-state index is 12.4. The van der Waals surface area contributed by atoms with Gasteiger partial charge in [0.15, 0.2) is 0 Å².